The first-order chi connectivity index (χ1) is 18.7. The molecule has 0 heterocycles. The van der Waals surface area contributed by atoms with Crippen molar-refractivity contribution in [3.05, 3.63) is 46.4 Å². The summed E-state index contributed by atoms with van der Waals surface area (Å²) in [6, 6.07) is 4.12. The van der Waals surface area contributed by atoms with Crippen molar-refractivity contribution in [3.63, 3.8) is 0 Å². The molecule has 1 rings (SSSR count). The van der Waals surface area contributed by atoms with Crippen LogP contribution < -0.4 is 5.32 Å². The Morgan fingerprint density at radius 2 is 1.74 bits per heavy atom. The van der Waals surface area contributed by atoms with Crippen LogP contribution in [-0.4, -0.2) is 38.1 Å². The quantitative estimate of drug-likeness (QED) is 0.0598. The molecule has 0 aliphatic rings. The molecule has 39 heavy (non-hydrogen) atoms. The number of carbonyl (C=O) groups is 1. The standard InChI is InChI=1S/C17H21ClF3N3.C8H18O.C3H6O.C2H6/c1-4-12(14(5-2)24-10-18)17(22-3)23-9-11-7-6-8-13(15(11)19)16(20)21;1-4-6-9-7-5-8(2)3;1-2-3-4;1-2/h6-8,16,24H,3-5,9-10H2,1-2H3;8H,4-7H2,1-3H3;3H,2H2,1H3;1-2H3/b14-12-,23-17?;;;. The highest BCUT2D eigenvalue weighted by molar-refractivity contribution is 6.17. The van der Waals surface area contributed by atoms with Gasteiger partial charge in [-0.15, -0.1) is 11.6 Å². The first kappa shape index (κ1) is 41.3. The van der Waals surface area contributed by atoms with Crippen LogP contribution in [0.15, 0.2) is 39.5 Å². The minimum Gasteiger partial charge on any atom is -0.381 e. The van der Waals surface area contributed by atoms with Crippen LogP contribution in [0.5, 0.6) is 0 Å². The number of rotatable bonds is 14. The molecular weight excluding hydrogens is 527 g/mol. The predicted molar refractivity (Wildman–Crippen MR) is 162 cm³/mol. The number of nitrogens with zero attached hydrogens (tertiary/aromatic N) is 2. The van der Waals surface area contributed by atoms with E-state index in [0.717, 1.165) is 49.2 Å². The molecule has 0 bridgehead atoms. The van der Waals surface area contributed by atoms with Gasteiger partial charge in [0.1, 0.15) is 12.1 Å². The summed E-state index contributed by atoms with van der Waals surface area (Å²) in [6.45, 7) is 21.5. The number of carbonyl (C=O) groups excluding carboxylic acids is 1. The molecule has 1 aromatic rings. The van der Waals surface area contributed by atoms with E-state index >= 15 is 0 Å². The number of ether oxygens (including phenoxy) is 1. The van der Waals surface area contributed by atoms with Gasteiger partial charge in [-0.2, -0.15) is 0 Å². The first-order valence-corrected chi connectivity index (χ1v) is 14.3. The summed E-state index contributed by atoms with van der Waals surface area (Å²) in [7, 11) is 0. The average molecular weight is 578 g/mol. The zero-order chi connectivity index (χ0) is 30.6. The van der Waals surface area contributed by atoms with E-state index in [1.54, 1.807) is 0 Å². The summed E-state index contributed by atoms with van der Waals surface area (Å²) in [5.74, 6) is 0.201. The van der Waals surface area contributed by atoms with Gasteiger partial charge in [-0.25, -0.2) is 18.2 Å². The summed E-state index contributed by atoms with van der Waals surface area (Å²) in [6.07, 6.45) is 2.30. The molecule has 0 radical (unpaired) electrons. The summed E-state index contributed by atoms with van der Waals surface area (Å²) in [5, 5.41) is 3.03. The maximum absolute atomic E-state index is 14.1. The topological polar surface area (TPSA) is 63.0 Å². The number of amidine groups is 1. The second-order valence-electron chi connectivity index (χ2n) is 8.26. The number of hydrogen-bond donors (Lipinski definition) is 1. The van der Waals surface area contributed by atoms with E-state index in [4.69, 9.17) is 16.3 Å². The van der Waals surface area contributed by atoms with Gasteiger partial charge < -0.3 is 14.8 Å². The Morgan fingerprint density at radius 3 is 2.15 bits per heavy atom. The fourth-order valence-corrected chi connectivity index (χ4v) is 3.05. The van der Waals surface area contributed by atoms with Gasteiger partial charge in [-0.3, -0.25) is 4.99 Å². The highest BCUT2D eigenvalue weighted by Gasteiger charge is 2.16. The van der Waals surface area contributed by atoms with E-state index in [9.17, 15) is 18.0 Å². The first-order valence-electron chi connectivity index (χ1n) is 13.8. The van der Waals surface area contributed by atoms with Crippen LogP contribution in [0.4, 0.5) is 13.2 Å². The summed E-state index contributed by atoms with van der Waals surface area (Å²) >= 11 is 5.71. The Labute approximate surface area is 240 Å². The summed E-state index contributed by atoms with van der Waals surface area (Å²) in [4.78, 5) is 17.3. The maximum Gasteiger partial charge on any atom is 0.266 e. The molecule has 9 heteroatoms. The van der Waals surface area contributed by atoms with Gasteiger partial charge in [0, 0.05) is 36.5 Å². The Hall–Kier alpha value is -2.19. The van der Waals surface area contributed by atoms with Gasteiger partial charge in [-0.05, 0) is 38.3 Å². The smallest absolute Gasteiger partial charge is 0.266 e. The van der Waals surface area contributed by atoms with Crippen molar-refractivity contribution in [1.29, 1.82) is 0 Å². The van der Waals surface area contributed by atoms with E-state index in [1.165, 1.54) is 18.6 Å². The number of nitrogens with one attached hydrogen (secondary N) is 1. The van der Waals surface area contributed by atoms with Crippen molar-refractivity contribution in [3.8, 4) is 0 Å². The van der Waals surface area contributed by atoms with Gasteiger partial charge >= 0.3 is 0 Å². The van der Waals surface area contributed by atoms with E-state index in [0.29, 0.717) is 25.1 Å². The van der Waals surface area contributed by atoms with Crippen LogP contribution in [-0.2, 0) is 16.1 Å². The molecule has 1 aromatic carbocycles. The number of aldehydes is 1. The average Bonchev–Trinajstić information content (AvgIpc) is 2.94. The molecule has 0 aromatic heterocycles. The molecule has 0 saturated carbocycles. The van der Waals surface area contributed by atoms with E-state index < -0.39 is 17.8 Å². The number of aliphatic imine (C=N–C) groups is 2. The second kappa shape index (κ2) is 28.8. The minimum absolute atomic E-state index is 0.0905. The molecule has 5 nitrogen and oxygen atoms in total. The number of hydrogen-bond acceptors (Lipinski definition) is 4. The van der Waals surface area contributed by atoms with Gasteiger partial charge in [-0.1, -0.05) is 73.6 Å². The Balaban J connectivity index is -0.000000713. The molecule has 0 aliphatic carbocycles. The minimum atomic E-state index is -2.86. The molecular formula is C30H51ClF3N3O2. The Bertz CT molecular complexity index is 817. The van der Waals surface area contributed by atoms with Crippen molar-refractivity contribution < 1.29 is 22.7 Å². The summed E-state index contributed by atoms with van der Waals surface area (Å²) in [5.41, 5.74) is 1.16. The molecule has 0 amide bonds. The van der Waals surface area contributed by atoms with Crippen LogP contribution in [0, 0.1) is 11.7 Å². The summed E-state index contributed by atoms with van der Waals surface area (Å²) < 4.78 is 44.9. The zero-order valence-electron chi connectivity index (χ0n) is 25.3. The Morgan fingerprint density at radius 1 is 1.13 bits per heavy atom. The molecule has 0 unspecified atom stereocenters. The fourth-order valence-electron chi connectivity index (χ4n) is 2.89. The van der Waals surface area contributed by atoms with Crippen LogP contribution in [0.2, 0.25) is 0 Å². The third-order valence-corrected chi connectivity index (χ3v) is 5.00. The monoisotopic (exact) mass is 577 g/mol. The van der Waals surface area contributed by atoms with Crippen LogP contribution >= 0.6 is 11.6 Å². The third kappa shape index (κ3) is 20.4. The zero-order valence-corrected chi connectivity index (χ0v) is 26.0. The normalized spacial score (nSPS) is 11.3. The number of allylic oxidation sites excluding steroid dienone is 1. The number of halogens is 4. The van der Waals surface area contributed by atoms with Gasteiger partial charge in [0.25, 0.3) is 6.43 Å². The van der Waals surface area contributed by atoms with Crippen molar-refractivity contribution >= 4 is 30.4 Å². The highest BCUT2D eigenvalue weighted by atomic mass is 35.5. The molecule has 0 atom stereocenters. The lowest BCUT2D eigenvalue weighted by molar-refractivity contribution is -0.107. The fraction of sp³-hybridized carbons (Fsp3) is 0.633. The van der Waals surface area contributed by atoms with Crippen molar-refractivity contribution in [2.45, 2.75) is 100 Å². The van der Waals surface area contributed by atoms with Gasteiger partial charge in [0.05, 0.1) is 18.1 Å². The molecule has 0 aliphatic heterocycles. The van der Waals surface area contributed by atoms with Crippen LogP contribution in [0.1, 0.15) is 105 Å². The number of benzene rings is 1. The van der Waals surface area contributed by atoms with Gasteiger partial charge in [0.15, 0.2) is 5.84 Å². The van der Waals surface area contributed by atoms with E-state index in [2.05, 4.69) is 42.8 Å². The Kier molecular flexibility index (Phi) is 30.5. The second-order valence-corrected chi connectivity index (χ2v) is 8.53. The van der Waals surface area contributed by atoms with Crippen molar-refractivity contribution in [2.75, 3.05) is 19.2 Å². The number of alkyl halides is 3. The van der Waals surface area contributed by atoms with E-state index in [-0.39, 0.29) is 18.1 Å². The van der Waals surface area contributed by atoms with Crippen molar-refractivity contribution in [2.24, 2.45) is 15.9 Å². The highest BCUT2D eigenvalue weighted by Crippen LogP contribution is 2.24. The molecule has 0 spiro atoms. The van der Waals surface area contributed by atoms with E-state index in [1.807, 2.05) is 34.6 Å². The predicted octanol–water partition coefficient (Wildman–Crippen LogP) is 9.30. The maximum atomic E-state index is 14.1. The molecule has 1 N–H and O–H groups in total. The molecule has 0 fully saturated rings. The van der Waals surface area contributed by atoms with Crippen LogP contribution in [0.3, 0.4) is 0 Å². The van der Waals surface area contributed by atoms with Crippen LogP contribution in [0.25, 0.3) is 0 Å². The molecule has 226 valence electrons. The van der Waals surface area contributed by atoms with Gasteiger partial charge in [0.2, 0.25) is 0 Å². The SMILES string of the molecule is C=NC(=NCc1cccc(C(F)F)c1F)/C(CC)=C(/CC)NCCl.CC.CCC=O.CCCOCCC(C)C. The lowest BCUT2D eigenvalue weighted by atomic mass is 10.1. The van der Waals surface area contributed by atoms with Crippen molar-refractivity contribution in [1.82, 2.24) is 5.32 Å². The lowest BCUT2D eigenvalue weighted by Gasteiger charge is -2.13. The lowest BCUT2D eigenvalue weighted by Crippen LogP contribution is -2.16. The third-order valence-electron chi connectivity index (χ3n) is 4.87. The largest absolute Gasteiger partial charge is 0.381 e. The molecule has 0 saturated heterocycles.